The third kappa shape index (κ3) is 2.48. The molecule has 1 unspecified atom stereocenters. The lowest BCUT2D eigenvalue weighted by molar-refractivity contribution is 0.0558. The Labute approximate surface area is 120 Å². The van der Waals surface area contributed by atoms with Crippen molar-refractivity contribution in [2.75, 3.05) is 7.11 Å². The van der Waals surface area contributed by atoms with Gasteiger partial charge in [-0.2, -0.15) is 0 Å². The van der Waals surface area contributed by atoms with Gasteiger partial charge in [0.05, 0.1) is 18.1 Å². The molecule has 0 saturated heterocycles. The van der Waals surface area contributed by atoms with Gasteiger partial charge in [0.15, 0.2) is 0 Å². The van der Waals surface area contributed by atoms with Crippen molar-refractivity contribution in [2.24, 2.45) is 0 Å². The third-order valence-electron chi connectivity index (χ3n) is 3.09. The Morgan fingerprint density at radius 3 is 2.71 bits per heavy atom. The van der Waals surface area contributed by atoms with E-state index < -0.39 is 12.1 Å². The Morgan fingerprint density at radius 2 is 1.95 bits per heavy atom. The molecule has 1 N–H and O–H groups in total. The molecule has 0 bridgehead atoms. The van der Waals surface area contributed by atoms with E-state index in [0.717, 1.165) is 5.52 Å². The Morgan fingerprint density at radius 1 is 1.19 bits per heavy atom. The second-order valence-corrected chi connectivity index (χ2v) is 4.40. The molecule has 1 aromatic carbocycles. The minimum Gasteiger partial charge on any atom is -0.463 e. The monoisotopic (exact) mass is 284 g/mol. The van der Waals surface area contributed by atoms with Gasteiger partial charge >= 0.3 is 5.97 Å². The van der Waals surface area contributed by atoms with Crippen molar-refractivity contribution in [2.45, 2.75) is 6.10 Å². The molecular weight excluding hydrogens is 272 g/mol. The standard InChI is InChI=1S/C15H12N2O4/c1-20-15(19)13-5-4-12(21-13)14(18)9-2-3-10-11(8-9)17-7-6-16-10/h2-8,14,18H,1H3. The van der Waals surface area contributed by atoms with Crippen LogP contribution in [0.15, 0.2) is 47.1 Å². The molecule has 2 aromatic heterocycles. The number of rotatable bonds is 3. The summed E-state index contributed by atoms with van der Waals surface area (Å²) in [7, 11) is 1.27. The number of carbonyl (C=O) groups excluding carboxylic acids is 1. The topological polar surface area (TPSA) is 85.5 Å². The summed E-state index contributed by atoms with van der Waals surface area (Å²) in [6.07, 6.45) is 2.20. The Hall–Kier alpha value is -2.73. The van der Waals surface area contributed by atoms with Crippen molar-refractivity contribution >= 4 is 17.0 Å². The molecule has 0 radical (unpaired) electrons. The number of nitrogens with zero attached hydrogens (tertiary/aromatic N) is 2. The fraction of sp³-hybridized carbons (Fsp3) is 0.133. The first-order chi connectivity index (χ1) is 10.2. The van der Waals surface area contributed by atoms with Crippen LogP contribution in [0.4, 0.5) is 0 Å². The first kappa shape index (κ1) is 13.3. The molecule has 0 aliphatic carbocycles. The van der Waals surface area contributed by atoms with Crippen LogP contribution in [0, 0.1) is 0 Å². The molecule has 6 nitrogen and oxygen atoms in total. The van der Waals surface area contributed by atoms with Gasteiger partial charge in [-0.05, 0) is 29.8 Å². The number of furan rings is 1. The number of aliphatic hydroxyl groups excluding tert-OH is 1. The lowest BCUT2D eigenvalue weighted by Gasteiger charge is -2.08. The van der Waals surface area contributed by atoms with Crippen LogP contribution >= 0.6 is 0 Å². The number of aromatic nitrogens is 2. The number of ether oxygens (including phenoxy) is 1. The van der Waals surface area contributed by atoms with Crippen LogP contribution in [0.2, 0.25) is 0 Å². The van der Waals surface area contributed by atoms with Gasteiger partial charge in [0.25, 0.3) is 0 Å². The van der Waals surface area contributed by atoms with Gasteiger partial charge < -0.3 is 14.3 Å². The number of methoxy groups -OCH3 is 1. The van der Waals surface area contributed by atoms with E-state index >= 15 is 0 Å². The van der Waals surface area contributed by atoms with Crippen molar-refractivity contribution in [1.82, 2.24) is 9.97 Å². The predicted octanol–water partition coefficient (Wildman–Crippen LogP) is 2.09. The maximum Gasteiger partial charge on any atom is 0.373 e. The summed E-state index contributed by atoms with van der Waals surface area (Å²) in [6, 6.07) is 8.24. The number of benzene rings is 1. The number of hydrogen-bond donors (Lipinski definition) is 1. The molecule has 106 valence electrons. The molecular formula is C15H12N2O4. The summed E-state index contributed by atoms with van der Waals surface area (Å²) < 4.78 is 9.86. The van der Waals surface area contributed by atoms with E-state index in [-0.39, 0.29) is 11.5 Å². The predicted molar refractivity (Wildman–Crippen MR) is 73.6 cm³/mol. The SMILES string of the molecule is COC(=O)c1ccc(C(O)c2ccc3nccnc3c2)o1. The van der Waals surface area contributed by atoms with E-state index in [1.165, 1.54) is 19.2 Å². The van der Waals surface area contributed by atoms with Crippen molar-refractivity contribution in [3.8, 4) is 0 Å². The van der Waals surface area contributed by atoms with Gasteiger partial charge in [-0.25, -0.2) is 4.79 Å². The average Bonchev–Trinajstić information content (AvgIpc) is 3.03. The van der Waals surface area contributed by atoms with Gasteiger partial charge in [-0.15, -0.1) is 0 Å². The van der Waals surface area contributed by atoms with E-state index in [2.05, 4.69) is 14.7 Å². The summed E-state index contributed by atoms with van der Waals surface area (Å²) in [5.41, 5.74) is 2.02. The normalized spacial score (nSPS) is 12.3. The lowest BCUT2D eigenvalue weighted by Crippen LogP contribution is -2.00. The van der Waals surface area contributed by atoms with Crippen LogP contribution in [0.25, 0.3) is 11.0 Å². The third-order valence-corrected chi connectivity index (χ3v) is 3.09. The lowest BCUT2D eigenvalue weighted by atomic mass is 10.1. The molecule has 0 fully saturated rings. The smallest absolute Gasteiger partial charge is 0.373 e. The first-order valence-corrected chi connectivity index (χ1v) is 6.26. The van der Waals surface area contributed by atoms with Crippen molar-refractivity contribution in [3.05, 3.63) is 59.8 Å². The van der Waals surface area contributed by atoms with Gasteiger partial charge in [0, 0.05) is 12.4 Å². The van der Waals surface area contributed by atoms with Crippen LogP contribution in [0.5, 0.6) is 0 Å². The minimum absolute atomic E-state index is 0.0483. The van der Waals surface area contributed by atoms with Gasteiger partial charge in [-0.1, -0.05) is 6.07 Å². The van der Waals surface area contributed by atoms with Gasteiger partial charge in [0.1, 0.15) is 11.9 Å². The highest BCUT2D eigenvalue weighted by Gasteiger charge is 2.18. The first-order valence-electron chi connectivity index (χ1n) is 6.26. The minimum atomic E-state index is -0.991. The van der Waals surface area contributed by atoms with Gasteiger partial charge in [0.2, 0.25) is 5.76 Å². The second-order valence-electron chi connectivity index (χ2n) is 4.40. The zero-order chi connectivity index (χ0) is 14.8. The Bertz CT molecular complexity index is 797. The zero-order valence-electron chi connectivity index (χ0n) is 11.2. The van der Waals surface area contributed by atoms with Crippen molar-refractivity contribution < 1.29 is 19.1 Å². The summed E-state index contributed by atoms with van der Waals surface area (Å²) in [5.74, 6) is -0.274. The van der Waals surface area contributed by atoms with Crippen LogP contribution in [0.1, 0.15) is 28.0 Å². The van der Waals surface area contributed by atoms with Crippen LogP contribution in [0.3, 0.4) is 0 Å². The molecule has 0 aliphatic heterocycles. The quantitative estimate of drug-likeness (QED) is 0.741. The fourth-order valence-electron chi connectivity index (χ4n) is 2.02. The summed E-state index contributed by atoms with van der Waals surface area (Å²) in [4.78, 5) is 19.7. The molecule has 3 aromatic rings. The molecule has 21 heavy (non-hydrogen) atoms. The second kappa shape index (κ2) is 5.34. The Kier molecular flexibility index (Phi) is 3.37. The highest BCUT2D eigenvalue weighted by atomic mass is 16.5. The zero-order valence-corrected chi connectivity index (χ0v) is 11.2. The molecule has 0 saturated carbocycles. The number of aliphatic hydroxyl groups is 1. The van der Waals surface area contributed by atoms with E-state index in [9.17, 15) is 9.90 Å². The molecule has 0 spiro atoms. The molecule has 0 amide bonds. The summed E-state index contributed by atoms with van der Waals surface area (Å²) in [5, 5.41) is 10.3. The highest BCUT2D eigenvalue weighted by Crippen LogP contribution is 2.25. The van der Waals surface area contributed by atoms with Crippen LogP contribution < -0.4 is 0 Å². The molecule has 6 heteroatoms. The maximum atomic E-state index is 11.3. The van der Waals surface area contributed by atoms with Crippen LogP contribution in [-0.4, -0.2) is 28.2 Å². The number of carbonyl (C=O) groups is 1. The van der Waals surface area contributed by atoms with Crippen molar-refractivity contribution in [1.29, 1.82) is 0 Å². The van der Waals surface area contributed by atoms with E-state index in [4.69, 9.17) is 4.42 Å². The number of hydrogen-bond acceptors (Lipinski definition) is 6. The van der Waals surface area contributed by atoms with E-state index in [1.807, 2.05) is 0 Å². The molecule has 2 heterocycles. The fourth-order valence-corrected chi connectivity index (χ4v) is 2.02. The summed E-state index contributed by atoms with van der Waals surface area (Å²) >= 11 is 0. The average molecular weight is 284 g/mol. The number of fused-ring (bicyclic) bond motifs is 1. The highest BCUT2D eigenvalue weighted by molar-refractivity contribution is 5.86. The summed E-state index contributed by atoms with van der Waals surface area (Å²) in [6.45, 7) is 0. The van der Waals surface area contributed by atoms with Crippen LogP contribution in [-0.2, 0) is 4.74 Å². The molecule has 3 rings (SSSR count). The van der Waals surface area contributed by atoms with E-state index in [1.54, 1.807) is 30.6 Å². The van der Waals surface area contributed by atoms with E-state index in [0.29, 0.717) is 11.1 Å². The van der Waals surface area contributed by atoms with Crippen molar-refractivity contribution in [3.63, 3.8) is 0 Å². The Balaban J connectivity index is 1.94. The molecule has 0 aliphatic rings. The van der Waals surface area contributed by atoms with Gasteiger partial charge in [-0.3, -0.25) is 9.97 Å². The molecule has 1 atom stereocenters. The maximum absolute atomic E-state index is 11.3. The number of esters is 1. The largest absolute Gasteiger partial charge is 0.463 e.